The predicted molar refractivity (Wildman–Crippen MR) is 42.6 cm³/mol. The molecule has 0 fully saturated rings. The van der Waals surface area contributed by atoms with Gasteiger partial charge in [-0.3, -0.25) is 0 Å². The van der Waals surface area contributed by atoms with Crippen LogP contribution in [0.5, 0.6) is 0 Å². The molecular weight excluding hydrogens is 184 g/mol. The number of carboxylic acids is 1. The van der Waals surface area contributed by atoms with Crippen molar-refractivity contribution in [1.29, 1.82) is 0 Å². The molecule has 0 bridgehead atoms. The first-order valence-corrected chi connectivity index (χ1v) is 5.35. The molecule has 0 amide bonds. The first-order chi connectivity index (χ1) is 5.15. The molecule has 0 aromatic heterocycles. The highest BCUT2D eigenvalue weighted by atomic mass is 32.2. The number of hydrogen-bond donors (Lipinski definition) is 2. The Morgan fingerprint density at radius 3 is 2.17 bits per heavy atom. The van der Waals surface area contributed by atoms with Crippen LogP contribution in [0, 0.1) is 0 Å². The molecular formula is C6H12O5S. The van der Waals surface area contributed by atoms with Crippen LogP contribution in [-0.2, 0) is 14.6 Å². The van der Waals surface area contributed by atoms with Crippen LogP contribution in [0.3, 0.4) is 0 Å². The summed E-state index contributed by atoms with van der Waals surface area (Å²) in [6, 6.07) is 0. The summed E-state index contributed by atoms with van der Waals surface area (Å²) in [6.45, 7) is 1.07. The molecule has 0 aromatic carbocycles. The van der Waals surface area contributed by atoms with Gasteiger partial charge in [0, 0.05) is 12.7 Å². The van der Waals surface area contributed by atoms with Crippen molar-refractivity contribution in [2.45, 2.75) is 18.9 Å². The Bertz CT molecular complexity index is 264. The minimum absolute atomic E-state index is 0.291. The molecule has 0 saturated heterocycles. The van der Waals surface area contributed by atoms with Gasteiger partial charge in [0.2, 0.25) is 0 Å². The molecule has 72 valence electrons. The van der Waals surface area contributed by atoms with Gasteiger partial charge in [-0.1, -0.05) is 0 Å². The van der Waals surface area contributed by atoms with E-state index in [1.165, 1.54) is 0 Å². The molecule has 0 saturated carbocycles. The van der Waals surface area contributed by atoms with Gasteiger partial charge >= 0.3 is 5.97 Å². The van der Waals surface area contributed by atoms with E-state index in [1.807, 2.05) is 0 Å². The highest BCUT2D eigenvalue weighted by Crippen LogP contribution is 2.10. The second-order valence-electron chi connectivity index (χ2n) is 2.96. The standard InChI is InChI=1S/C6H12O5S/c1-6(9,5(7)8)3-4-12(2,10)11/h9H,3-4H2,1-2H3,(H,7,8)/t6-/m1/s1. The summed E-state index contributed by atoms with van der Waals surface area (Å²) >= 11 is 0. The zero-order chi connectivity index (χ0) is 9.99. The van der Waals surface area contributed by atoms with Gasteiger partial charge in [0.25, 0.3) is 0 Å². The average molecular weight is 196 g/mol. The van der Waals surface area contributed by atoms with Gasteiger partial charge in [-0.15, -0.1) is 0 Å². The third-order valence-electron chi connectivity index (χ3n) is 1.42. The maximum Gasteiger partial charge on any atom is 0.335 e. The first kappa shape index (κ1) is 11.4. The van der Waals surface area contributed by atoms with Crippen LogP contribution in [0.4, 0.5) is 0 Å². The van der Waals surface area contributed by atoms with Crippen molar-refractivity contribution in [1.82, 2.24) is 0 Å². The Kier molecular flexibility index (Phi) is 3.23. The van der Waals surface area contributed by atoms with Crippen LogP contribution >= 0.6 is 0 Å². The molecule has 12 heavy (non-hydrogen) atoms. The maximum absolute atomic E-state index is 10.6. The Morgan fingerprint density at radius 1 is 1.50 bits per heavy atom. The Hall–Kier alpha value is -0.620. The smallest absolute Gasteiger partial charge is 0.335 e. The normalized spacial score (nSPS) is 16.9. The summed E-state index contributed by atoms with van der Waals surface area (Å²) in [5, 5.41) is 17.5. The molecule has 0 unspecified atom stereocenters. The number of aliphatic hydroxyl groups is 1. The average Bonchev–Trinajstić information content (AvgIpc) is 1.82. The van der Waals surface area contributed by atoms with Crippen molar-refractivity contribution < 1.29 is 23.4 Å². The van der Waals surface area contributed by atoms with E-state index in [0.717, 1.165) is 13.2 Å². The van der Waals surface area contributed by atoms with E-state index in [9.17, 15) is 13.2 Å². The molecule has 6 heteroatoms. The van der Waals surface area contributed by atoms with E-state index in [0.29, 0.717) is 0 Å². The molecule has 0 spiro atoms. The van der Waals surface area contributed by atoms with E-state index < -0.39 is 21.4 Å². The second kappa shape index (κ2) is 3.40. The lowest BCUT2D eigenvalue weighted by Crippen LogP contribution is -2.36. The van der Waals surface area contributed by atoms with Gasteiger partial charge in [0.05, 0.1) is 5.75 Å². The summed E-state index contributed by atoms with van der Waals surface area (Å²) in [7, 11) is -3.21. The third-order valence-corrected chi connectivity index (χ3v) is 2.37. The van der Waals surface area contributed by atoms with Crippen molar-refractivity contribution in [3.05, 3.63) is 0 Å². The van der Waals surface area contributed by atoms with Gasteiger partial charge in [-0.25, -0.2) is 13.2 Å². The van der Waals surface area contributed by atoms with E-state index >= 15 is 0 Å². The zero-order valence-electron chi connectivity index (χ0n) is 6.94. The van der Waals surface area contributed by atoms with Gasteiger partial charge in [-0.05, 0) is 6.92 Å². The van der Waals surface area contributed by atoms with E-state index in [2.05, 4.69) is 0 Å². The highest BCUT2D eigenvalue weighted by Gasteiger charge is 2.30. The largest absolute Gasteiger partial charge is 0.479 e. The molecule has 0 aliphatic rings. The molecule has 0 aliphatic carbocycles. The fourth-order valence-electron chi connectivity index (χ4n) is 0.491. The van der Waals surface area contributed by atoms with E-state index in [1.54, 1.807) is 0 Å². The van der Waals surface area contributed by atoms with Crippen molar-refractivity contribution >= 4 is 15.8 Å². The molecule has 0 rings (SSSR count). The Labute approximate surface area is 70.9 Å². The number of aliphatic carboxylic acids is 1. The Balaban J connectivity index is 4.20. The first-order valence-electron chi connectivity index (χ1n) is 3.29. The number of carbonyl (C=O) groups is 1. The molecule has 1 atom stereocenters. The topological polar surface area (TPSA) is 91.7 Å². The van der Waals surface area contributed by atoms with Gasteiger partial charge in [0.15, 0.2) is 5.60 Å². The monoisotopic (exact) mass is 196 g/mol. The van der Waals surface area contributed by atoms with Crippen molar-refractivity contribution in [2.75, 3.05) is 12.0 Å². The zero-order valence-corrected chi connectivity index (χ0v) is 7.76. The lowest BCUT2D eigenvalue weighted by molar-refractivity contribution is -0.156. The molecule has 0 aromatic rings. The van der Waals surface area contributed by atoms with Crippen molar-refractivity contribution in [2.24, 2.45) is 0 Å². The predicted octanol–water partition coefficient (Wildman–Crippen LogP) is -0.743. The fourth-order valence-corrected chi connectivity index (χ4v) is 1.26. The quantitative estimate of drug-likeness (QED) is 0.617. The number of rotatable bonds is 4. The molecule has 0 radical (unpaired) electrons. The SMILES string of the molecule is C[C@@](O)(CCS(C)(=O)=O)C(=O)O. The third kappa shape index (κ3) is 4.30. The highest BCUT2D eigenvalue weighted by molar-refractivity contribution is 7.90. The van der Waals surface area contributed by atoms with Crippen molar-refractivity contribution in [3.63, 3.8) is 0 Å². The van der Waals surface area contributed by atoms with Crippen molar-refractivity contribution in [3.8, 4) is 0 Å². The summed E-state index contributed by atoms with van der Waals surface area (Å²) in [5.41, 5.74) is -1.96. The lowest BCUT2D eigenvalue weighted by Gasteiger charge is -2.16. The second-order valence-corrected chi connectivity index (χ2v) is 5.22. The van der Waals surface area contributed by atoms with Crippen LogP contribution in [0.15, 0.2) is 0 Å². The minimum atomic E-state index is -3.21. The van der Waals surface area contributed by atoms with Crippen LogP contribution in [0.2, 0.25) is 0 Å². The van der Waals surface area contributed by atoms with Gasteiger partial charge in [0.1, 0.15) is 9.84 Å². The summed E-state index contributed by atoms with van der Waals surface area (Å²) in [4.78, 5) is 10.3. The van der Waals surface area contributed by atoms with Crippen LogP contribution < -0.4 is 0 Å². The number of hydrogen-bond acceptors (Lipinski definition) is 4. The molecule has 5 nitrogen and oxygen atoms in total. The maximum atomic E-state index is 10.6. The van der Waals surface area contributed by atoms with Crippen LogP contribution in [0.25, 0.3) is 0 Å². The van der Waals surface area contributed by atoms with Gasteiger partial charge in [-0.2, -0.15) is 0 Å². The summed E-state index contributed by atoms with van der Waals surface area (Å²) in [5.74, 6) is -1.74. The number of carboxylic acid groups (broad SMARTS) is 1. The van der Waals surface area contributed by atoms with E-state index in [4.69, 9.17) is 10.2 Å². The summed E-state index contributed by atoms with van der Waals surface area (Å²) in [6.07, 6.45) is 0.700. The fraction of sp³-hybridized carbons (Fsp3) is 0.833. The van der Waals surface area contributed by atoms with Gasteiger partial charge < -0.3 is 10.2 Å². The summed E-state index contributed by atoms with van der Waals surface area (Å²) < 4.78 is 21.2. The van der Waals surface area contributed by atoms with Crippen LogP contribution in [-0.4, -0.2) is 42.2 Å². The minimum Gasteiger partial charge on any atom is -0.479 e. The molecule has 0 heterocycles. The Morgan fingerprint density at radius 2 is 1.92 bits per heavy atom. The number of sulfone groups is 1. The molecule has 2 N–H and O–H groups in total. The lowest BCUT2D eigenvalue weighted by atomic mass is 10.1. The molecule has 0 aliphatic heterocycles. The van der Waals surface area contributed by atoms with Crippen LogP contribution in [0.1, 0.15) is 13.3 Å². The van der Waals surface area contributed by atoms with E-state index in [-0.39, 0.29) is 12.2 Å².